The molecule has 0 radical (unpaired) electrons. The van der Waals surface area contributed by atoms with E-state index < -0.39 is 0 Å². The van der Waals surface area contributed by atoms with Crippen molar-refractivity contribution in [1.29, 1.82) is 0 Å². The lowest BCUT2D eigenvalue weighted by Gasteiger charge is -2.37. The number of carbonyl (C=O) groups is 1. The minimum atomic E-state index is 0.0339. The van der Waals surface area contributed by atoms with Gasteiger partial charge in [-0.05, 0) is 30.4 Å². The van der Waals surface area contributed by atoms with Gasteiger partial charge in [0, 0.05) is 19.0 Å². The quantitative estimate of drug-likeness (QED) is 0.369. The van der Waals surface area contributed by atoms with Crippen molar-refractivity contribution in [2.75, 3.05) is 13.1 Å². The summed E-state index contributed by atoms with van der Waals surface area (Å²) in [6.45, 7) is 1.39. The van der Waals surface area contributed by atoms with E-state index in [1.807, 2.05) is 23.1 Å². The van der Waals surface area contributed by atoms with E-state index >= 15 is 0 Å². The molecule has 1 aliphatic carbocycles. The smallest absolute Gasteiger partial charge is 0.230 e. The molecule has 0 aromatic heterocycles. The summed E-state index contributed by atoms with van der Waals surface area (Å²) in [6.07, 6.45) is 2.40. The first-order valence-electron chi connectivity index (χ1n) is 7.04. The lowest BCUT2D eigenvalue weighted by molar-refractivity contribution is -0.134. The van der Waals surface area contributed by atoms with Gasteiger partial charge < -0.3 is 15.8 Å². The molecule has 1 aromatic rings. The average Bonchev–Trinajstić information content (AvgIpc) is 2.47. The van der Waals surface area contributed by atoms with Crippen molar-refractivity contribution in [3.8, 4) is 0 Å². The second-order valence-electron chi connectivity index (χ2n) is 5.58. The standard InChI is InChI=1S/C15H19N3O2/c16-14(17-20)10-5-7-18(8-6-10)15(19)13-9-11-3-1-2-4-12(11)13/h1-4,10,13,20H,5-9H2,(H2,16,17). The van der Waals surface area contributed by atoms with Crippen LogP contribution in [0.5, 0.6) is 0 Å². The third-order valence-corrected chi connectivity index (χ3v) is 4.49. The van der Waals surface area contributed by atoms with Crippen molar-refractivity contribution in [2.24, 2.45) is 16.8 Å². The molecular weight excluding hydrogens is 254 g/mol. The van der Waals surface area contributed by atoms with Crippen LogP contribution in [0, 0.1) is 5.92 Å². The van der Waals surface area contributed by atoms with Crippen molar-refractivity contribution in [3.63, 3.8) is 0 Å². The highest BCUT2D eigenvalue weighted by molar-refractivity contribution is 5.87. The van der Waals surface area contributed by atoms with Gasteiger partial charge in [0.15, 0.2) is 0 Å². The number of nitrogens with two attached hydrogens (primary N) is 1. The van der Waals surface area contributed by atoms with Gasteiger partial charge in [-0.1, -0.05) is 29.4 Å². The Morgan fingerprint density at radius 2 is 2.00 bits per heavy atom. The summed E-state index contributed by atoms with van der Waals surface area (Å²) in [7, 11) is 0. The lowest BCUT2D eigenvalue weighted by atomic mass is 9.76. The largest absolute Gasteiger partial charge is 0.409 e. The summed E-state index contributed by atoms with van der Waals surface area (Å²) >= 11 is 0. The Morgan fingerprint density at radius 3 is 2.65 bits per heavy atom. The average molecular weight is 273 g/mol. The highest BCUT2D eigenvalue weighted by Crippen LogP contribution is 2.36. The number of oxime groups is 1. The Hall–Kier alpha value is -2.04. The maximum absolute atomic E-state index is 12.5. The van der Waals surface area contributed by atoms with E-state index in [1.165, 1.54) is 11.1 Å². The van der Waals surface area contributed by atoms with Gasteiger partial charge in [-0.25, -0.2) is 0 Å². The van der Waals surface area contributed by atoms with Crippen LogP contribution in [0.3, 0.4) is 0 Å². The van der Waals surface area contributed by atoms with Crippen LogP contribution in [0.2, 0.25) is 0 Å². The fraction of sp³-hybridized carbons (Fsp3) is 0.467. The number of likely N-dealkylation sites (tertiary alicyclic amines) is 1. The van der Waals surface area contributed by atoms with Crippen LogP contribution >= 0.6 is 0 Å². The van der Waals surface area contributed by atoms with Gasteiger partial charge in [0.1, 0.15) is 5.84 Å². The fourth-order valence-corrected chi connectivity index (χ4v) is 3.18. The molecule has 0 saturated carbocycles. The number of rotatable bonds is 2. The van der Waals surface area contributed by atoms with Crippen molar-refractivity contribution >= 4 is 11.7 Å². The summed E-state index contributed by atoms with van der Waals surface area (Å²) in [6, 6.07) is 8.14. The number of benzene rings is 1. The van der Waals surface area contributed by atoms with Gasteiger partial charge >= 0.3 is 0 Å². The van der Waals surface area contributed by atoms with E-state index in [9.17, 15) is 4.79 Å². The van der Waals surface area contributed by atoms with Crippen LogP contribution < -0.4 is 5.73 Å². The molecule has 5 nitrogen and oxygen atoms in total. The van der Waals surface area contributed by atoms with Crippen LogP contribution in [-0.4, -0.2) is 34.9 Å². The minimum Gasteiger partial charge on any atom is -0.409 e. The number of hydrogen-bond donors (Lipinski definition) is 2. The molecule has 1 aromatic carbocycles. The number of nitrogens with zero attached hydrogens (tertiary/aromatic N) is 2. The monoisotopic (exact) mass is 273 g/mol. The Bertz CT molecular complexity index is 548. The molecule has 1 unspecified atom stereocenters. The zero-order chi connectivity index (χ0) is 14.1. The molecular formula is C15H19N3O2. The van der Waals surface area contributed by atoms with E-state index in [-0.39, 0.29) is 23.6 Å². The molecule has 1 aliphatic heterocycles. The highest BCUT2D eigenvalue weighted by atomic mass is 16.4. The second-order valence-corrected chi connectivity index (χ2v) is 5.58. The molecule has 1 saturated heterocycles. The predicted molar refractivity (Wildman–Crippen MR) is 75.6 cm³/mol. The zero-order valence-electron chi connectivity index (χ0n) is 11.3. The van der Waals surface area contributed by atoms with Gasteiger partial charge in [0.25, 0.3) is 0 Å². The van der Waals surface area contributed by atoms with Gasteiger partial charge in [-0.3, -0.25) is 4.79 Å². The van der Waals surface area contributed by atoms with Crippen molar-refractivity contribution < 1.29 is 10.0 Å². The molecule has 20 heavy (non-hydrogen) atoms. The molecule has 2 aliphatic rings. The molecule has 0 spiro atoms. The van der Waals surface area contributed by atoms with E-state index in [4.69, 9.17) is 10.9 Å². The SMILES string of the molecule is NC(=NO)C1CCN(C(=O)C2Cc3ccccc32)CC1. The predicted octanol–water partition coefficient (Wildman–Crippen LogP) is 1.31. The van der Waals surface area contributed by atoms with Crippen LogP contribution in [0.1, 0.15) is 29.9 Å². The molecule has 1 heterocycles. The fourth-order valence-electron chi connectivity index (χ4n) is 3.18. The topological polar surface area (TPSA) is 78.9 Å². The minimum absolute atomic E-state index is 0.0339. The first-order chi connectivity index (χ1) is 9.70. The Balaban J connectivity index is 1.61. The second kappa shape index (κ2) is 5.15. The van der Waals surface area contributed by atoms with Crippen LogP contribution in [-0.2, 0) is 11.2 Å². The van der Waals surface area contributed by atoms with E-state index in [1.54, 1.807) is 0 Å². The van der Waals surface area contributed by atoms with Crippen molar-refractivity contribution in [3.05, 3.63) is 35.4 Å². The molecule has 1 amide bonds. The molecule has 5 heteroatoms. The third-order valence-electron chi connectivity index (χ3n) is 4.49. The summed E-state index contributed by atoms with van der Waals surface area (Å²) in [5.74, 6) is 0.636. The highest BCUT2D eigenvalue weighted by Gasteiger charge is 2.36. The zero-order valence-corrected chi connectivity index (χ0v) is 11.3. The molecule has 3 N–H and O–H groups in total. The maximum atomic E-state index is 12.5. The Labute approximate surface area is 118 Å². The van der Waals surface area contributed by atoms with Crippen molar-refractivity contribution in [1.82, 2.24) is 4.90 Å². The van der Waals surface area contributed by atoms with Gasteiger partial charge in [-0.2, -0.15) is 0 Å². The number of hydrogen-bond acceptors (Lipinski definition) is 3. The summed E-state index contributed by atoms with van der Waals surface area (Å²) in [4.78, 5) is 14.4. The molecule has 1 fully saturated rings. The van der Waals surface area contributed by atoms with Crippen molar-refractivity contribution in [2.45, 2.75) is 25.2 Å². The first-order valence-corrected chi connectivity index (χ1v) is 7.04. The molecule has 3 rings (SSSR count). The summed E-state index contributed by atoms with van der Waals surface area (Å²) in [5, 5.41) is 11.8. The number of piperidine rings is 1. The number of carbonyl (C=O) groups excluding carboxylic acids is 1. The van der Waals surface area contributed by atoms with E-state index in [0.717, 1.165) is 19.3 Å². The number of amides is 1. The van der Waals surface area contributed by atoms with E-state index in [0.29, 0.717) is 13.1 Å². The maximum Gasteiger partial charge on any atom is 0.230 e. The van der Waals surface area contributed by atoms with Gasteiger partial charge in [0.2, 0.25) is 5.91 Å². The first kappa shape index (κ1) is 13.0. The molecule has 1 atom stereocenters. The summed E-state index contributed by atoms with van der Waals surface area (Å²) < 4.78 is 0. The van der Waals surface area contributed by atoms with E-state index in [2.05, 4.69) is 11.2 Å². The van der Waals surface area contributed by atoms with Gasteiger partial charge in [-0.15, -0.1) is 0 Å². The van der Waals surface area contributed by atoms with Gasteiger partial charge in [0.05, 0.1) is 5.92 Å². The lowest BCUT2D eigenvalue weighted by Crippen LogP contribution is -2.45. The normalized spacial score (nSPS) is 23.1. The number of amidine groups is 1. The van der Waals surface area contributed by atoms with Crippen LogP contribution in [0.15, 0.2) is 29.4 Å². The Kier molecular flexibility index (Phi) is 3.34. The number of fused-ring (bicyclic) bond motifs is 1. The molecule has 0 bridgehead atoms. The third kappa shape index (κ3) is 2.13. The van der Waals surface area contributed by atoms with Crippen LogP contribution in [0.25, 0.3) is 0 Å². The molecule has 106 valence electrons. The van der Waals surface area contributed by atoms with Crippen LogP contribution in [0.4, 0.5) is 0 Å². The summed E-state index contributed by atoms with van der Waals surface area (Å²) in [5.41, 5.74) is 8.09. The Morgan fingerprint density at radius 1 is 1.30 bits per heavy atom.